The third-order valence-electron chi connectivity index (χ3n) is 3.38. The molecule has 0 saturated heterocycles. The van der Waals surface area contributed by atoms with Gasteiger partial charge >= 0.3 is 6.18 Å². The van der Waals surface area contributed by atoms with Crippen LogP contribution in [0.3, 0.4) is 0 Å². The fourth-order valence-corrected chi connectivity index (χ4v) is 2.18. The van der Waals surface area contributed by atoms with Crippen molar-refractivity contribution in [1.82, 2.24) is 5.43 Å². The van der Waals surface area contributed by atoms with E-state index in [2.05, 4.69) is 5.43 Å². The molecule has 0 heterocycles. The second kappa shape index (κ2) is 6.28. The van der Waals surface area contributed by atoms with Crippen molar-refractivity contribution in [2.75, 3.05) is 0 Å². The standard InChI is InChI=1S/C16H17F3N2/c1-11-5-7-13(8-6-11)15(21-20)10-12-3-2-4-14(9-12)16(17,18)19/h2-9,15,21H,10,20H2,1H3. The van der Waals surface area contributed by atoms with Gasteiger partial charge in [-0.05, 0) is 30.5 Å². The van der Waals surface area contributed by atoms with Gasteiger partial charge in [0, 0.05) is 6.04 Å². The SMILES string of the molecule is Cc1ccc(C(Cc2cccc(C(F)(F)F)c2)NN)cc1. The maximum atomic E-state index is 12.7. The minimum atomic E-state index is -4.33. The number of aryl methyl sites for hydroxylation is 1. The molecule has 112 valence electrons. The van der Waals surface area contributed by atoms with Gasteiger partial charge in [0.15, 0.2) is 0 Å². The first kappa shape index (κ1) is 15.5. The molecular weight excluding hydrogens is 277 g/mol. The summed E-state index contributed by atoms with van der Waals surface area (Å²) in [5.41, 5.74) is 4.68. The number of nitrogens with two attached hydrogens (primary N) is 1. The van der Waals surface area contributed by atoms with E-state index in [0.29, 0.717) is 12.0 Å². The molecule has 0 aliphatic rings. The first-order valence-corrected chi connectivity index (χ1v) is 6.59. The summed E-state index contributed by atoms with van der Waals surface area (Å²) in [4.78, 5) is 0. The summed E-state index contributed by atoms with van der Waals surface area (Å²) in [5.74, 6) is 5.54. The zero-order valence-corrected chi connectivity index (χ0v) is 11.6. The van der Waals surface area contributed by atoms with Crippen molar-refractivity contribution in [3.63, 3.8) is 0 Å². The number of benzene rings is 2. The van der Waals surface area contributed by atoms with Gasteiger partial charge in [-0.3, -0.25) is 11.3 Å². The average Bonchev–Trinajstić information content (AvgIpc) is 2.45. The van der Waals surface area contributed by atoms with Gasteiger partial charge in [-0.15, -0.1) is 0 Å². The van der Waals surface area contributed by atoms with Crippen LogP contribution in [0.4, 0.5) is 13.2 Å². The monoisotopic (exact) mass is 294 g/mol. The van der Waals surface area contributed by atoms with Crippen molar-refractivity contribution in [2.24, 2.45) is 5.84 Å². The van der Waals surface area contributed by atoms with Crippen molar-refractivity contribution in [3.8, 4) is 0 Å². The van der Waals surface area contributed by atoms with E-state index in [1.54, 1.807) is 6.07 Å². The van der Waals surface area contributed by atoms with E-state index in [1.165, 1.54) is 12.1 Å². The molecule has 1 unspecified atom stereocenters. The molecule has 2 nitrogen and oxygen atoms in total. The third-order valence-corrected chi connectivity index (χ3v) is 3.38. The molecule has 0 aliphatic heterocycles. The molecule has 0 amide bonds. The van der Waals surface area contributed by atoms with Crippen LogP contribution in [0.2, 0.25) is 0 Å². The third kappa shape index (κ3) is 4.06. The summed E-state index contributed by atoms with van der Waals surface area (Å²) in [6.07, 6.45) is -3.94. The van der Waals surface area contributed by atoms with E-state index in [4.69, 9.17) is 5.84 Å². The number of nitrogens with one attached hydrogen (secondary N) is 1. The lowest BCUT2D eigenvalue weighted by Gasteiger charge is -2.17. The Morgan fingerprint density at radius 3 is 2.33 bits per heavy atom. The quantitative estimate of drug-likeness (QED) is 0.665. The molecule has 0 saturated carbocycles. The highest BCUT2D eigenvalue weighted by Gasteiger charge is 2.30. The predicted molar refractivity (Wildman–Crippen MR) is 76.4 cm³/mol. The summed E-state index contributed by atoms with van der Waals surface area (Å²) >= 11 is 0. The number of hydrogen-bond acceptors (Lipinski definition) is 2. The molecule has 5 heteroatoms. The lowest BCUT2D eigenvalue weighted by Crippen LogP contribution is -2.29. The molecule has 2 aromatic carbocycles. The molecule has 0 aliphatic carbocycles. The number of hydrazine groups is 1. The Morgan fingerprint density at radius 2 is 1.76 bits per heavy atom. The molecule has 2 rings (SSSR count). The van der Waals surface area contributed by atoms with Crippen molar-refractivity contribution < 1.29 is 13.2 Å². The van der Waals surface area contributed by atoms with Crippen LogP contribution in [0.1, 0.15) is 28.3 Å². The largest absolute Gasteiger partial charge is 0.416 e. The molecule has 2 aromatic rings. The Kier molecular flexibility index (Phi) is 4.65. The van der Waals surface area contributed by atoms with Crippen LogP contribution in [-0.4, -0.2) is 0 Å². The van der Waals surface area contributed by atoms with Crippen LogP contribution in [0, 0.1) is 6.92 Å². The molecule has 0 aromatic heterocycles. The molecule has 0 spiro atoms. The Bertz CT molecular complexity index is 591. The van der Waals surface area contributed by atoms with E-state index in [-0.39, 0.29) is 6.04 Å². The van der Waals surface area contributed by atoms with Crippen molar-refractivity contribution in [2.45, 2.75) is 25.6 Å². The van der Waals surface area contributed by atoms with Crippen LogP contribution in [0.5, 0.6) is 0 Å². The fourth-order valence-electron chi connectivity index (χ4n) is 2.18. The van der Waals surface area contributed by atoms with Gasteiger partial charge < -0.3 is 0 Å². The Morgan fingerprint density at radius 1 is 1.10 bits per heavy atom. The predicted octanol–water partition coefficient (Wildman–Crippen LogP) is 3.76. The summed E-state index contributed by atoms with van der Waals surface area (Å²) in [5, 5.41) is 0. The summed E-state index contributed by atoms with van der Waals surface area (Å²) < 4.78 is 38.1. The van der Waals surface area contributed by atoms with E-state index in [0.717, 1.165) is 17.2 Å². The lowest BCUT2D eigenvalue weighted by molar-refractivity contribution is -0.137. The lowest BCUT2D eigenvalue weighted by atomic mass is 9.97. The Hall–Kier alpha value is -1.85. The molecule has 3 N–H and O–H groups in total. The van der Waals surface area contributed by atoms with Crippen LogP contribution >= 0.6 is 0 Å². The smallest absolute Gasteiger partial charge is 0.271 e. The van der Waals surface area contributed by atoms with Crippen LogP contribution in [-0.2, 0) is 12.6 Å². The number of hydrogen-bond donors (Lipinski definition) is 2. The van der Waals surface area contributed by atoms with Gasteiger partial charge in [0.1, 0.15) is 0 Å². The fraction of sp³-hybridized carbons (Fsp3) is 0.250. The molecule has 0 fully saturated rings. The van der Waals surface area contributed by atoms with Gasteiger partial charge in [0.05, 0.1) is 5.56 Å². The first-order chi connectivity index (χ1) is 9.90. The summed E-state index contributed by atoms with van der Waals surface area (Å²) in [6.45, 7) is 1.97. The number of rotatable bonds is 4. The van der Waals surface area contributed by atoms with Crippen LogP contribution < -0.4 is 11.3 Å². The topological polar surface area (TPSA) is 38.0 Å². The van der Waals surface area contributed by atoms with Crippen molar-refractivity contribution in [3.05, 3.63) is 70.8 Å². The highest BCUT2D eigenvalue weighted by molar-refractivity contribution is 5.29. The number of alkyl halides is 3. The minimum absolute atomic E-state index is 0.228. The molecule has 21 heavy (non-hydrogen) atoms. The highest BCUT2D eigenvalue weighted by atomic mass is 19.4. The van der Waals surface area contributed by atoms with Crippen LogP contribution in [0.15, 0.2) is 48.5 Å². The zero-order valence-electron chi connectivity index (χ0n) is 11.6. The summed E-state index contributed by atoms with van der Waals surface area (Å²) in [7, 11) is 0. The average molecular weight is 294 g/mol. The maximum absolute atomic E-state index is 12.7. The second-order valence-electron chi connectivity index (χ2n) is 5.03. The summed E-state index contributed by atoms with van der Waals surface area (Å²) in [6, 6.07) is 12.8. The van der Waals surface area contributed by atoms with Crippen LogP contribution in [0.25, 0.3) is 0 Å². The van der Waals surface area contributed by atoms with Crippen molar-refractivity contribution in [1.29, 1.82) is 0 Å². The normalized spacial score (nSPS) is 13.2. The molecule has 0 radical (unpaired) electrons. The maximum Gasteiger partial charge on any atom is 0.416 e. The van der Waals surface area contributed by atoms with E-state index in [1.807, 2.05) is 31.2 Å². The second-order valence-corrected chi connectivity index (χ2v) is 5.03. The molecule has 0 bridgehead atoms. The Labute approximate surface area is 121 Å². The van der Waals surface area contributed by atoms with E-state index >= 15 is 0 Å². The van der Waals surface area contributed by atoms with Crippen molar-refractivity contribution >= 4 is 0 Å². The highest BCUT2D eigenvalue weighted by Crippen LogP contribution is 2.30. The number of halogens is 3. The first-order valence-electron chi connectivity index (χ1n) is 6.59. The molecule has 1 atom stereocenters. The molecular formula is C16H17F3N2. The minimum Gasteiger partial charge on any atom is -0.271 e. The van der Waals surface area contributed by atoms with E-state index < -0.39 is 11.7 Å². The van der Waals surface area contributed by atoms with Gasteiger partial charge in [0.2, 0.25) is 0 Å². The zero-order chi connectivity index (χ0) is 15.5. The van der Waals surface area contributed by atoms with Gasteiger partial charge in [-0.1, -0.05) is 48.0 Å². The van der Waals surface area contributed by atoms with Gasteiger partial charge in [0.25, 0.3) is 0 Å². The van der Waals surface area contributed by atoms with Gasteiger partial charge in [-0.2, -0.15) is 13.2 Å². The van der Waals surface area contributed by atoms with Gasteiger partial charge in [-0.25, -0.2) is 0 Å². The Balaban J connectivity index is 2.21. The van der Waals surface area contributed by atoms with E-state index in [9.17, 15) is 13.2 Å².